The molecular formula is C20H39N3. The third kappa shape index (κ3) is 4.49. The van der Waals surface area contributed by atoms with Crippen molar-refractivity contribution < 1.29 is 0 Å². The molecule has 3 aliphatic rings. The molecule has 0 aromatic rings. The zero-order chi connectivity index (χ0) is 16.3. The summed E-state index contributed by atoms with van der Waals surface area (Å²) in [4.78, 5) is 8.09. The van der Waals surface area contributed by atoms with Crippen molar-refractivity contribution in [3.8, 4) is 0 Å². The summed E-state index contributed by atoms with van der Waals surface area (Å²) in [6.07, 6.45) is 8.70. The third-order valence-electron chi connectivity index (χ3n) is 7.18. The summed E-state index contributed by atoms with van der Waals surface area (Å²) in [6.45, 7) is 17.7. The van der Waals surface area contributed by atoms with Crippen molar-refractivity contribution in [1.82, 2.24) is 14.7 Å². The molecule has 1 spiro atoms. The lowest BCUT2D eigenvalue weighted by atomic mass is 9.71. The third-order valence-corrected chi connectivity index (χ3v) is 7.18. The highest BCUT2D eigenvalue weighted by atomic mass is 15.2. The smallest absolute Gasteiger partial charge is 0.00385 e. The van der Waals surface area contributed by atoms with Gasteiger partial charge in [0.25, 0.3) is 0 Å². The lowest BCUT2D eigenvalue weighted by Gasteiger charge is -2.47. The fraction of sp³-hybridized carbons (Fsp3) is 1.00. The predicted molar refractivity (Wildman–Crippen MR) is 98.9 cm³/mol. The van der Waals surface area contributed by atoms with Crippen molar-refractivity contribution in [2.24, 2.45) is 11.3 Å². The number of hydrogen-bond acceptors (Lipinski definition) is 3. The van der Waals surface area contributed by atoms with E-state index in [4.69, 9.17) is 0 Å². The number of piperidine rings is 3. The van der Waals surface area contributed by atoms with E-state index in [1.54, 1.807) is 0 Å². The minimum atomic E-state index is 0.711. The van der Waals surface area contributed by atoms with E-state index >= 15 is 0 Å². The van der Waals surface area contributed by atoms with Gasteiger partial charge in [-0.3, -0.25) is 0 Å². The topological polar surface area (TPSA) is 9.72 Å². The summed E-state index contributed by atoms with van der Waals surface area (Å²) in [7, 11) is 0. The first-order valence-electron chi connectivity index (χ1n) is 10.3. The summed E-state index contributed by atoms with van der Waals surface area (Å²) in [6, 6.07) is 0.736. The Morgan fingerprint density at radius 1 is 0.826 bits per heavy atom. The second-order valence-electron chi connectivity index (χ2n) is 8.81. The molecule has 3 aliphatic heterocycles. The highest BCUT2D eigenvalue weighted by molar-refractivity contribution is 4.91. The summed E-state index contributed by atoms with van der Waals surface area (Å²) in [5.74, 6) is 0.959. The van der Waals surface area contributed by atoms with Crippen molar-refractivity contribution in [2.75, 3.05) is 52.4 Å². The van der Waals surface area contributed by atoms with Gasteiger partial charge in [0.15, 0.2) is 0 Å². The van der Waals surface area contributed by atoms with Gasteiger partial charge in [0.1, 0.15) is 0 Å². The van der Waals surface area contributed by atoms with Gasteiger partial charge in [0.2, 0.25) is 0 Å². The van der Waals surface area contributed by atoms with Crippen molar-refractivity contribution >= 4 is 0 Å². The van der Waals surface area contributed by atoms with Crippen LogP contribution in [0.1, 0.15) is 59.3 Å². The second kappa shape index (κ2) is 7.84. The maximum absolute atomic E-state index is 2.80. The molecule has 3 rings (SSSR count). The minimum absolute atomic E-state index is 0.711. The van der Waals surface area contributed by atoms with Crippen LogP contribution in [0, 0.1) is 11.3 Å². The Balaban J connectivity index is 1.38. The molecular weight excluding hydrogens is 282 g/mol. The monoisotopic (exact) mass is 321 g/mol. The summed E-state index contributed by atoms with van der Waals surface area (Å²) in [5.41, 5.74) is 0.711. The first kappa shape index (κ1) is 17.7. The van der Waals surface area contributed by atoms with Gasteiger partial charge in [0, 0.05) is 12.6 Å². The molecule has 0 amide bonds. The Bertz CT molecular complexity index is 342. The van der Waals surface area contributed by atoms with Crippen molar-refractivity contribution in [2.45, 2.75) is 65.3 Å². The molecule has 0 N–H and O–H groups in total. The van der Waals surface area contributed by atoms with E-state index in [1.165, 1.54) is 90.9 Å². The average Bonchev–Trinajstić information content (AvgIpc) is 2.58. The zero-order valence-corrected chi connectivity index (χ0v) is 15.9. The van der Waals surface area contributed by atoms with Crippen molar-refractivity contribution in [3.63, 3.8) is 0 Å². The second-order valence-corrected chi connectivity index (χ2v) is 8.81. The molecule has 0 bridgehead atoms. The Hall–Kier alpha value is -0.120. The van der Waals surface area contributed by atoms with Crippen LogP contribution >= 0.6 is 0 Å². The Labute approximate surface area is 144 Å². The van der Waals surface area contributed by atoms with Gasteiger partial charge in [-0.25, -0.2) is 0 Å². The van der Waals surface area contributed by atoms with Crippen molar-refractivity contribution in [1.29, 1.82) is 0 Å². The van der Waals surface area contributed by atoms with Gasteiger partial charge in [-0.1, -0.05) is 6.92 Å². The molecule has 0 aromatic heterocycles. The summed E-state index contributed by atoms with van der Waals surface area (Å²) >= 11 is 0. The van der Waals surface area contributed by atoms with Crippen LogP contribution in [0.25, 0.3) is 0 Å². The molecule has 0 atom stereocenters. The van der Waals surface area contributed by atoms with Crippen LogP contribution in [0.5, 0.6) is 0 Å². The van der Waals surface area contributed by atoms with Crippen LogP contribution in [0.2, 0.25) is 0 Å². The van der Waals surface area contributed by atoms with E-state index in [9.17, 15) is 0 Å². The van der Waals surface area contributed by atoms with E-state index in [-0.39, 0.29) is 0 Å². The average molecular weight is 322 g/mol. The van der Waals surface area contributed by atoms with Gasteiger partial charge in [-0.2, -0.15) is 0 Å². The molecule has 0 radical (unpaired) electrons. The van der Waals surface area contributed by atoms with Crippen molar-refractivity contribution in [3.05, 3.63) is 0 Å². The highest BCUT2D eigenvalue weighted by Gasteiger charge is 2.37. The number of nitrogens with zero attached hydrogens (tertiary/aromatic N) is 3. The lowest BCUT2D eigenvalue weighted by Crippen LogP contribution is -2.48. The van der Waals surface area contributed by atoms with Crippen LogP contribution < -0.4 is 0 Å². The van der Waals surface area contributed by atoms with Gasteiger partial charge in [-0.15, -0.1) is 0 Å². The normalized spacial score (nSPS) is 28.7. The molecule has 23 heavy (non-hydrogen) atoms. The molecule has 3 heteroatoms. The number of hydrogen-bond donors (Lipinski definition) is 0. The molecule has 0 unspecified atom stereocenters. The van der Waals surface area contributed by atoms with E-state index in [0.717, 1.165) is 12.0 Å². The Morgan fingerprint density at radius 3 is 1.83 bits per heavy atom. The van der Waals surface area contributed by atoms with Crippen LogP contribution in [-0.4, -0.2) is 73.1 Å². The zero-order valence-electron chi connectivity index (χ0n) is 15.9. The Kier molecular flexibility index (Phi) is 6.03. The van der Waals surface area contributed by atoms with Crippen LogP contribution in [-0.2, 0) is 0 Å². The SMILES string of the molecule is CCN1CCC2(CC1)CCN(CC1CCN(C(C)C)CC1)CC2. The fourth-order valence-corrected chi connectivity index (χ4v) is 5.07. The van der Waals surface area contributed by atoms with E-state index < -0.39 is 0 Å². The van der Waals surface area contributed by atoms with E-state index in [1.807, 2.05) is 0 Å². The number of rotatable bonds is 4. The molecule has 0 saturated carbocycles. The van der Waals surface area contributed by atoms with Crippen LogP contribution in [0.3, 0.4) is 0 Å². The molecule has 3 saturated heterocycles. The Morgan fingerprint density at radius 2 is 1.35 bits per heavy atom. The van der Waals surface area contributed by atoms with Gasteiger partial charge in [0.05, 0.1) is 0 Å². The predicted octanol–water partition coefficient (Wildman–Crippen LogP) is 3.30. The first-order valence-corrected chi connectivity index (χ1v) is 10.3. The maximum Gasteiger partial charge on any atom is 0.00385 e. The molecule has 3 nitrogen and oxygen atoms in total. The van der Waals surface area contributed by atoms with Gasteiger partial charge in [-0.05, 0) is 110 Å². The largest absolute Gasteiger partial charge is 0.304 e. The van der Waals surface area contributed by atoms with E-state index in [0.29, 0.717) is 5.41 Å². The highest BCUT2D eigenvalue weighted by Crippen LogP contribution is 2.41. The summed E-state index contributed by atoms with van der Waals surface area (Å²) in [5, 5.41) is 0. The fourth-order valence-electron chi connectivity index (χ4n) is 5.07. The molecule has 3 fully saturated rings. The molecule has 134 valence electrons. The quantitative estimate of drug-likeness (QED) is 0.786. The molecule has 0 aromatic carbocycles. The maximum atomic E-state index is 2.80. The lowest BCUT2D eigenvalue weighted by molar-refractivity contribution is 0.0259. The number of likely N-dealkylation sites (tertiary alicyclic amines) is 3. The summed E-state index contributed by atoms with van der Waals surface area (Å²) < 4.78 is 0. The minimum Gasteiger partial charge on any atom is -0.304 e. The first-order chi connectivity index (χ1) is 11.1. The van der Waals surface area contributed by atoms with Gasteiger partial charge < -0.3 is 14.7 Å². The van der Waals surface area contributed by atoms with E-state index in [2.05, 4.69) is 35.5 Å². The molecule has 3 heterocycles. The van der Waals surface area contributed by atoms with Gasteiger partial charge >= 0.3 is 0 Å². The molecule has 0 aliphatic carbocycles. The standard InChI is InChI=1S/C20H39N3/c1-4-21-13-7-20(8-14-21)9-15-22(16-10-20)17-19-5-11-23(12-6-19)18(2)3/h18-19H,4-17H2,1-3H3. The van der Waals surface area contributed by atoms with Crippen LogP contribution in [0.4, 0.5) is 0 Å². The van der Waals surface area contributed by atoms with Crippen LogP contribution in [0.15, 0.2) is 0 Å².